The zero-order valence-electron chi connectivity index (χ0n) is 25.6. The van der Waals surface area contributed by atoms with Gasteiger partial charge in [0, 0.05) is 16.8 Å². The van der Waals surface area contributed by atoms with Gasteiger partial charge in [-0.05, 0) is 81.6 Å². The second kappa shape index (κ2) is 13.4. The van der Waals surface area contributed by atoms with E-state index in [2.05, 4.69) is 16.6 Å². The number of ether oxygens (including phenoxy) is 1. The number of fused-ring (bicyclic) bond motifs is 1. The molecule has 226 valence electrons. The summed E-state index contributed by atoms with van der Waals surface area (Å²) in [6, 6.07) is 17.5. The molecule has 9 nitrogen and oxygen atoms in total. The summed E-state index contributed by atoms with van der Waals surface area (Å²) in [5, 5.41) is 7.41. The summed E-state index contributed by atoms with van der Waals surface area (Å²) in [5.41, 5.74) is 5.36. The summed E-state index contributed by atoms with van der Waals surface area (Å²) in [5.74, 6) is 0.590. The predicted octanol–water partition coefficient (Wildman–Crippen LogP) is 5.29. The van der Waals surface area contributed by atoms with E-state index in [0.29, 0.717) is 23.2 Å². The lowest BCUT2D eigenvalue weighted by Crippen LogP contribution is -2.59. The summed E-state index contributed by atoms with van der Waals surface area (Å²) in [6.45, 7) is 10.5. The van der Waals surface area contributed by atoms with Crippen molar-refractivity contribution < 1.29 is 23.9 Å². The first-order valence-corrected chi connectivity index (χ1v) is 14.1. The number of anilines is 1. The number of rotatable bonds is 10. The molecule has 0 fully saturated rings. The van der Waals surface area contributed by atoms with Crippen molar-refractivity contribution in [3.05, 3.63) is 77.9 Å². The molecule has 0 aliphatic heterocycles. The maximum Gasteiger partial charge on any atom is 0.408 e. The fraction of sp³-hybridized carbons (Fsp3) is 0.353. The Hall–Kier alpha value is -4.84. The minimum Gasteiger partial charge on any atom is -0.444 e. The number of primary amides is 1. The van der Waals surface area contributed by atoms with Crippen molar-refractivity contribution in [2.75, 3.05) is 5.32 Å². The number of terminal acetylenes is 1. The molecule has 0 radical (unpaired) electrons. The molecule has 0 spiro atoms. The molecule has 3 aromatic carbocycles. The average molecular weight is 585 g/mol. The predicted molar refractivity (Wildman–Crippen MR) is 168 cm³/mol. The van der Waals surface area contributed by atoms with Gasteiger partial charge in [0.05, 0.1) is 6.42 Å². The molecule has 2 unspecified atom stereocenters. The fourth-order valence-electron chi connectivity index (χ4n) is 4.62. The van der Waals surface area contributed by atoms with Crippen molar-refractivity contribution in [1.29, 1.82) is 0 Å². The van der Waals surface area contributed by atoms with Gasteiger partial charge in [-0.2, -0.15) is 0 Å². The van der Waals surface area contributed by atoms with E-state index in [1.54, 1.807) is 51.1 Å². The Morgan fingerprint density at radius 1 is 0.953 bits per heavy atom. The van der Waals surface area contributed by atoms with Gasteiger partial charge in [-0.15, -0.1) is 6.42 Å². The van der Waals surface area contributed by atoms with Gasteiger partial charge in [0.1, 0.15) is 17.7 Å². The Bertz CT molecular complexity index is 1530. The molecule has 4 N–H and O–H groups in total. The highest BCUT2D eigenvalue weighted by Gasteiger charge is 2.43. The van der Waals surface area contributed by atoms with Gasteiger partial charge in [0.15, 0.2) is 0 Å². The van der Waals surface area contributed by atoms with Crippen LogP contribution in [0.2, 0.25) is 0 Å². The average Bonchev–Trinajstić information content (AvgIpc) is 2.93. The van der Waals surface area contributed by atoms with E-state index in [9.17, 15) is 19.2 Å². The molecule has 4 amide bonds. The molecular weight excluding hydrogens is 544 g/mol. The Labute approximate surface area is 253 Å². The fourth-order valence-corrected chi connectivity index (χ4v) is 4.62. The minimum absolute atomic E-state index is 0.441. The number of carbonyl (C=O) groups is 4. The third kappa shape index (κ3) is 8.58. The van der Waals surface area contributed by atoms with Crippen molar-refractivity contribution in [3.8, 4) is 12.3 Å². The molecule has 0 bridgehead atoms. The van der Waals surface area contributed by atoms with Gasteiger partial charge in [-0.3, -0.25) is 14.4 Å². The highest BCUT2D eigenvalue weighted by atomic mass is 16.6. The highest BCUT2D eigenvalue weighted by molar-refractivity contribution is 6.01. The van der Waals surface area contributed by atoms with Crippen LogP contribution in [0.4, 0.5) is 10.5 Å². The molecule has 3 aromatic rings. The second-order valence-electron chi connectivity index (χ2n) is 12.0. The number of nitrogens with one attached hydrogen (secondary N) is 2. The SMILES string of the molecule is C#Cc1ccc(C(C(=O)Nc2ccc3ccccc3c2)N(C(=O)C(CC(N)=O)NC(=O)OC(C)(C)C)C(C)(C)CC)cc1. The normalized spacial score (nSPS) is 12.9. The van der Waals surface area contributed by atoms with Crippen LogP contribution >= 0.6 is 0 Å². The van der Waals surface area contributed by atoms with Crippen molar-refractivity contribution in [3.63, 3.8) is 0 Å². The van der Waals surface area contributed by atoms with Crippen LogP contribution < -0.4 is 16.4 Å². The molecule has 0 aliphatic carbocycles. The second-order valence-corrected chi connectivity index (χ2v) is 12.0. The largest absolute Gasteiger partial charge is 0.444 e. The number of hydrogen-bond donors (Lipinski definition) is 3. The lowest BCUT2D eigenvalue weighted by molar-refractivity contribution is -0.148. The molecule has 0 heterocycles. The van der Waals surface area contributed by atoms with Gasteiger partial charge in [0.2, 0.25) is 11.8 Å². The first-order chi connectivity index (χ1) is 20.1. The van der Waals surface area contributed by atoms with Crippen LogP contribution in [-0.4, -0.2) is 45.9 Å². The van der Waals surface area contributed by atoms with E-state index < -0.39 is 53.5 Å². The topological polar surface area (TPSA) is 131 Å². The standard InChI is InChI=1S/C34H40N4O5/c1-8-22-14-16-24(17-15-22)29(30(40)36-26-19-18-23-12-10-11-13-25(23)20-26)38(34(6,7)9-2)31(41)27(21-28(35)39)37-32(42)43-33(3,4)5/h1,10-20,27,29H,9,21H2,2-7H3,(H2,35,39)(H,36,40)(H,37,42). The van der Waals surface area contributed by atoms with Crippen LogP contribution in [0.1, 0.15) is 71.6 Å². The summed E-state index contributed by atoms with van der Waals surface area (Å²) < 4.78 is 5.35. The van der Waals surface area contributed by atoms with E-state index in [-0.39, 0.29) is 0 Å². The van der Waals surface area contributed by atoms with E-state index in [1.807, 2.05) is 57.2 Å². The molecule has 0 saturated heterocycles. The first kappa shape index (κ1) is 32.7. The molecule has 0 aliphatic rings. The lowest BCUT2D eigenvalue weighted by atomic mass is 9.91. The van der Waals surface area contributed by atoms with E-state index >= 15 is 0 Å². The van der Waals surface area contributed by atoms with E-state index in [0.717, 1.165) is 10.8 Å². The summed E-state index contributed by atoms with van der Waals surface area (Å²) in [6.07, 6.45) is 4.62. The third-order valence-corrected chi connectivity index (χ3v) is 7.07. The number of amides is 4. The van der Waals surface area contributed by atoms with Crippen LogP contribution in [0.3, 0.4) is 0 Å². The van der Waals surface area contributed by atoms with Crippen LogP contribution in [0, 0.1) is 12.3 Å². The molecule has 0 saturated carbocycles. The number of benzene rings is 3. The Kier molecular flexibility index (Phi) is 10.2. The number of carbonyl (C=O) groups excluding carboxylic acids is 4. The van der Waals surface area contributed by atoms with Crippen molar-refractivity contribution >= 4 is 40.3 Å². The Morgan fingerprint density at radius 2 is 1.58 bits per heavy atom. The zero-order valence-corrected chi connectivity index (χ0v) is 25.6. The monoisotopic (exact) mass is 584 g/mol. The molecule has 3 rings (SSSR count). The maximum absolute atomic E-state index is 14.4. The zero-order chi connectivity index (χ0) is 31.9. The van der Waals surface area contributed by atoms with Crippen LogP contribution in [0.25, 0.3) is 10.8 Å². The Morgan fingerprint density at radius 3 is 2.14 bits per heavy atom. The molecule has 2 atom stereocenters. The molecule has 0 aromatic heterocycles. The summed E-state index contributed by atoms with van der Waals surface area (Å²) in [4.78, 5) is 54.8. The number of nitrogens with zero attached hydrogens (tertiary/aromatic N) is 1. The first-order valence-electron chi connectivity index (χ1n) is 14.1. The van der Waals surface area contributed by atoms with Crippen molar-refractivity contribution in [2.24, 2.45) is 5.73 Å². The van der Waals surface area contributed by atoms with Crippen LogP contribution in [-0.2, 0) is 19.1 Å². The molecule has 43 heavy (non-hydrogen) atoms. The third-order valence-electron chi connectivity index (χ3n) is 7.07. The van der Waals surface area contributed by atoms with Crippen LogP contribution in [0.5, 0.6) is 0 Å². The van der Waals surface area contributed by atoms with Gasteiger partial charge in [0.25, 0.3) is 5.91 Å². The minimum atomic E-state index is -1.39. The summed E-state index contributed by atoms with van der Waals surface area (Å²) in [7, 11) is 0. The van der Waals surface area contributed by atoms with E-state index in [1.165, 1.54) is 4.90 Å². The molecular formula is C34H40N4O5. The number of hydrogen-bond acceptors (Lipinski definition) is 5. The van der Waals surface area contributed by atoms with Crippen molar-refractivity contribution in [2.45, 2.75) is 77.6 Å². The lowest BCUT2D eigenvalue weighted by Gasteiger charge is -2.44. The maximum atomic E-state index is 14.4. The van der Waals surface area contributed by atoms with Crippen molar-refractivity contribution in [1.82, 2.24) is 10.2 Å². The van der Waals surface area contributed by atoms with E-state index in [4.69, 9.17) is 16.9 Å². The van der Waals surface area contributed by atoms with Gasteiger partial charge in [-0.1, -0.05) is 55.3 Å². The van der Waals surface area contributed by atoms with Gasteiger partial charge < -0.3 is 26.0 Å². The molecule has 9 heteroatoms. The number of nitrogens with two attached hydrogens (primary N) is 1. The van der Waals surface area contributed by atoms with Gasteiger partial charge in [-0.25, -0.2) is 4.79 Å². The summed E-state index contributed by atoms with van der Waals surface area (Å²) >= 11 is 0. The highest BCUT2D eigenvalue weighted by Crippen LogP contribution is 2.34. The van der Waals surface area contributed by atoms with Gasteiger partial charge >= 0.3 is 6.09 Å². The number of alkyl carbamates (subject to hydrolysis) is 1. The Balaban J connectivity index is 2.12. The quantitative estimate of drug-likeness (QED) is 0.279. The van der Waals surface area contributed by atoms with Crippen LogP contribution in [0.15, 0.2) is 66.7 Å². The smallest absolute Gasteiger partial charge is 0.408 e.